The summed E-state index contributed by atoms with van der Waals surface area (Å²) in [6.07, 6.45) is 5.25. The summed E-state index contributed by atoms with van der Waals surface area (Å²) in [5, 5.41) is 3.33. The molecule has 0 amide bonds. The van der Waals surface area contributed by atoms with Gasteiger partial charge in [-0.15, -0.1) is 0 Å². The van der Waals surface area contributed by atoms with Gasteiger partial charge >= 0.3 is 0 Å². The molecule has 0 unspecified atom stereocenters. The van der Waals surface area contributed by atoms with Crippen LogP contribution in [0.2, 0.25) is 0 Å². The summed E-state index contributed by atoms with van der Waals surface area (Å²) in [4.78, 5) is 4.30. The monoisotopic (exact) mass is 236 g/mol. The van der Waals surface area contributed by atoms with Crippen molar-refractivity contribution in [1.29, 1.82) is 0 Å². The Bertz CT molecular complexity index is 359. The van der Waals surface area contributed by atoms with E-state index >= 15 is 0 Å². The third-order valence-electron chi connectivity index (χ3n) is 3.35. The fourth-order valence-corrected chi connectivity index (χ4v) is 2.06. The Morgan fingerprint density at radius 1 is 1.47 bits per heavy atom. The van der Waals surface area contributed by atoms with Crippen LogP contribution in [0.15, 0.2) is 18.3 Å². The zero-order valence-corrected chi connectivity index (χ0v) is 10.5. The molecule has 1 fully saturated rings. The maximum absolute atomic E-state index is 5.56. The summed E-state index contributed by atoms with van der Waals surface area (Å²) in [6, 6.07) is 3.81. The van der Waals surface area contributed by atoms with Crippen molar-refractivity contribution in [3.05, 3.63) is 18.3 Å². The van der Waals surface area contributed by atoms with Crippen LogP contribution in [0.5, 0.6) is 5.75 Å². The summed E-state index contributed by atoms with van der Waals surface area (Å²) < 4.78 is 11.1. The maximum Gasteiger partial charge on any atom is 0.168 e. The largest absolute Gasteiger partial charge is 0.490 e. The molecule has 1 saturated carbocycles. The first-order valence-electron chi connectivity index (χ1n) is 6.16. The van der Waals surface area contributed by atoms with Gasteiger partial charge in [-0.05, 0) is 38.3 Å². The summed E-state index contributed by atoms with van der Waals surface area (Å²) in [7, 11) is 1.78. The first kappa shape index (κ1) is 12.2. The maximum atomic E-state index is 5.56. The Morgan fingerprint density at radius 3 is 2.88 bits per heavy atom. The molecule has 94 valence electrons. The number of nitrogens with zero attached hydrogens (tertiary/aromatic N) is 1. The molecular formula is C13H20N2O2. The average Bonchev–Trinajstić information content (AvgIpc) is 2.31. The van der Waals surface area contributed by atoms with Crippen molar-refractivity contribution in [2.45, 2.75) is 31.8 Å². The van der Waals surface area contributed by atoms with Crippen molar-refractivity contribution in [2.75, 3.05) is 25.6 Å². The molecule has 0 spiro atoms. The van der Waals surface area contributed by atoms with Crippen molar-refractivity contribution in [2.24, 2.45) is 0 Å². The van der Waals surface area contributed by atoms with E-state index in [9.17, 15) is 0 Å². The van der Waals surface area contributed by atoms with Crippen LogP contribution in [0.4, 0.5) is 5.82 Å². The lowest BCUT2D eigenvalue weighted by Gasteiger charge is -2.40. The molecule has 0 saturated heterocycles. The van der Waals surface area contributed by atoms with Crippen molar-refractivity contribution in [3.63, 3.8) is 0 Å². The number of aromatic nitrogens is 1. The highest BCUT2D eigenvalue weighted by molar-refractivity contribution is 5.49. The zero-order valence-electron chi connectivity index (χ0n) is 10.5. The molecule has 0 radical (unpaired) electrons. The quantitative estimate of drug-likeness (QED) is 0.824. The highest BCUT2D eigenvalue weighted by atomic mass is 16.5. The first-order chi connectivity index (χ1) is 8.29. The molecule has 4 nitrogen and oxygen atoms in total. The molecule has 1 aromatic heterocycles. The van der Waals surface area contributed by atoms with Crippen molar-refractivity contribution >= 4 is 5.82 Å². The fourth-order valence-electron chi connectivity index (χ4n) is 2.06. The number of nitrogens with one attached hydrogen (secondary N) is 1. The molecule has 0 atom stereocenters. The van der Waals surface area contributed by atoms with Crippen LogP contribution in [-0.4, -0.2) is 30.8 Å². The molecular weight excluding hydrogens is 216 g/mol. The van der Waals surface area contributed by atoms with Crippen LogP contribution in [0.3, 0.4) is 0 Å². The van der Waals surface area contributed by atoms with Crippen LogP contribution in [0.1, 0.15) is 26.2 Å². The molecule has 2 rings (SSSR count). The second kappa shape index (κ2) is 5.36. The minimum atomic E-state index is 0.000998. The topological polar surface area (TPSA) is 43.4 Å². The number of hydrogen-bond donors (Lipinski definition) is 1. The van der Waals surface area contributed by atoms with E-state index in [2.05, 4.69) is 10.3 Å². The van der Waals surface area contributed by atoms with Gasteiger partial charge in [0.1, 0.15) is 0 Å². The smallest absolute Gasteiger partial charge is 0.168 e. The van der Waals surface area contributed by atoms with E-state index in [1.807, 2.05) is 19.1 Å². The van der Waals surface area contributed by atoms with Gasteiger partial charge in [-0.1, -0.05) is 0 Å². The summed E-state index contributed by atoms with van der Waals surface area (Å²) >= 11 is 0. The number of anilines is 1. The van der Waals surface area contributed by atoms with E-state index < -0.39 is 0 Å². The summed E-state index contributed by atoms with van der Waals surface area (Å²) in [6.45, 7) is 3.41. The van der Waals surface area contributed by atoms with Gasteiger partial charge in [-0.3, -0.25) is 0 Å². The minimum absolute atomic E-state index is 0.000998. The van der Waals surface area contributed by atoms with Gasteiger partial charge in [0.05, 0.1) is 12.2 Å². The van der Waals surface area contributed by atoms with E-state index in [0.717, 1.165) is 31.0 Å². The lowest BCUT2D eigenvalue weighted by atomic mass is 9.80. The third kappa shape index (κ3) is 2.69. The molecule has 1 aromatic rings. The van der Waals surface area contributed by atoms with Gasteiger partial charge in [0.15, 0.2) is 11.6 Å². The number of rotatable bonds is 6. The Balaban J connectivity index is 1.98. The van der Waals surface area contributed by atoms with Gasteiger partial charge in [-0.25, -0.2) is 4.98 Å². The van der Waals surface area contributed by atoms with E-state index in [1.165, 1.54) is 6.42 Å². The Kier molecular flexibility index (Phi) is 3.84. The summed E-state index contributed by atoms with van der Waals surface area (Å²) in [5.41, 5.74) is 0.000998. The third-order valence-corrected chi connectivity index (χ3v) is 3.35. The summed E-state index contributed by atoms with van der Waals surface area (Å²) in [5.74, 6) is 1.61. The number of methoxy groups -OCH3 is 1. The van der Waals surface area contributed by atoms with Crippen LogP contribution in [-0.2, 0) is 4.74 Å². The van der Waals surface area contributed by atoms with Gasteiger partial charge in [-0.2, -0.15) is 0 Å². The van der Waals surface area contributed by atoms with E-state index in [0.29, 0.717) is 6.61 Å². The predicted octanol–water partition coefficient (Wildman–Crippen LogP) is 2.46. The number of hydrogen-bond acceptors (Lipinski definition) is 4. The van der Waals surface area contributed by atoms with Crippen molar-refractivity contribution in [1.82, 2.24) is 4.98 Å². The Labute approximate surface area is 102 Å². The van der Waals surface area contributed by atoms with Crippen molar-refractivity contribution < 1.29 is 9.47 Å². The Hall–Kier alpha value is -1.29. The minimum Gasteiger partial charge on any atom is -0.490 e. The van der Waals surface area contributed by atoms with Crippen LogP contribution >= 0.6 is 0 Å². The van der Waals surface area contributed by atoms with Crippen LogP contribution < -0.4 is 10.1 Å². The second-order valence-electron chi connectivity index (χ2n) is 4.38. The van der Waals surface area contributed by atoms with E-state index in [-0.39, 0.29) is 5.60 Å². The molecule has 0 bridgehead atoms. The number of ether oxygens (including phenoxy) is 2. The van der Waals surface area contributed by atoms with Crippen molar-refractivity contribution in [3.8, 4) is 5.75 Å². The molecule has 17 heavy (non-hydrogen) atoms. The van der Waals surface area contributed by atoms with Gasteiger partial charge in [0.25, 0.3) is 0 Å². The van der Waals surface area contributed by atoms with Crippen LogP contribution in [0.25, 0.3) is 0 Å². The molecule has 1 aliphatic carbocycles. The number of pyridine rings is 1. The van der Waals surface area contributed by atoms with E-state index in [1.54, 1.807) is 13.3 Å². The van der Waals surface area contributed by atoms with Crippen LogP contribution in [0, 0.1) is 0 Å². The molecule has 4 heteroatoms. The van der Waals surface area contributed by atoms with Gasteiger partial charge in [0.2, 0.25) is 0 Å². The standard InChI is InChI=1S/C13H20N2O2/c1-3-17-11-6-4-9-14-12(11)15-10-13(16-2)7-5-8-13/h4,6,9H,3,5,7-8,10H2,1-2H3,(H,14,15). The molecule has 1 N–H and O–H groups in total. The molecule has 1 aliphatic rings. The molecule has 0 aromatic carbocycles. The van der Waals surface area contributed by atoms with E-state index in [4.69, 9.17) is 9.47 Å². The highest BCUT2D eigenvalue weighted by Gasteiger charge is 2.36. The lowest BCUT2D eigenvalue weighted by molar-refractivity contribution is -0.0601. The second-order valence-corrected chi connectivity index (χ2v) is 4.38. The lowest BCUT2D eigenvalue weighted by Crippen LogP contribution is -2.45. The average molecular weight is 236 g/mol. The normalized spacial score (nSPS) is 17.3. The first-order valence-corrected chi connectivity index (χ1v) is 6.16. The highest BCUT2D eigenvalue weighted by Crippen LogP contribution is 2.35. The SMILES string of the molecule is CCOc1cccnc1NCC1(OC)CCC1. The fraction of sp³-hybridized carbons (Fsp3) is 0.615. The van der Waals surface area contributed by atoms with Gasteiger partial charge < -0.3 is 14.8 Å². The zero-order chi connectivity index (χ0) is 12.1. The Morgan fingerprint density at radius 2 is 2.29 bits per heavy atom. The predicted molar refractivity (Wildman–Crippen MR) is 67.5 cm³/mol. The molecule has 0 aliphatic heterocycles. The molecule has 1 heterocycles. The van der Waals surface area contributed by atoms with Gasteiger partial charge in [0, 0.05) is 19.9 Å².